The highest BCUT2D eigenvalue weighted by atomic mass is 19.1. The Kier molecular flexibility index (Phi) is 4.88. The molecular weight excluding hydrogens is 321 g/mol. The Morgan fingerprint density at radius 1 is 1.12 bits per heavy atom. The number of hydrogen-bond acceptors (Lipinski definition) is 4. The summed E-state index contributed by atoms with van der Waals surface area (Å²) < 4.78 is 18.1. The van der Waals surface area contributed by atoms with E-state index in [0.717, 1.165) is 11.3 Å². The van der Waals surface area contributed by atoms with E-state index in [2.05, 4.69) is 15.5 Å². The van der Waals surface area contributed by atoms with Crippen molar-refractivity contribution >= 4 is 11.6 Å². The van der Waals surface area contributed by atoms with Gasteiger partial charge in [0, 0.05) is 24.1 Å². The number of halogens is 1. The first kappa shape index (κ1) is 16.8. The van der Waals surface area contributed by atoms with Crippen LogP contribution in [0.5, 0.6) is 0 Å². The quantitative estimate of drug-likeness (QED) is 0.761. The highest BCUT2D eigenvalue weighted by Gasteiger charge is 2.11. The van der Waals surface area contributed by atoms with Crippen LogP contribution in [0, 0.1) is 19.7 Å². The van der Waals surface area contributed by atoms with Gasteiger partial charge in [0.05, 0.1) is 0 Å². The maximum Gasteiger partial charge on any atom is 0.227 e. The standard InChI is InChI=1S/C19H18FN3O2/c1-12-3-8-16(11-13(12)2)21-17(24)9-10-18-22-19(23-25-18)14-4-6-15(20)7-5-14/h3-8,11H,9-10H2,1-2H3,(H,21,24). The normalized spacial score (nSPS) is 10.7. The van der Waals surface area contributed by atoms with Crippen LogP contribution in [-0.2, 0) is 11.2 Å². The summed E-state index contributed by atoms with van der Waals surface area (Å²) in [7, 11) is 0. The molecule has 1 amide bonds. The van der Waals surface area contributed by atoms with Gasteiger partial charge in [-0.05, 0) is 61.4 Å². The van der Waals surface area contributed by atoms with E-state index in [1.807, 2.05) is 32.0 Å². The first-order valence-electron chi connectivity index (χ1n) is 7.97. The molecule has 0 unspecified atom stereocenters. The Morgan fingerprint density at radius 3 is 2.60 bits per heavy atom. The number of carbonyl (C=O) groups is 1. The molecule has 0 aliphatic rings. The molecule has 0 spiro atoms. The fraction of sp³-hybridized carbons (Fsp3) is 0.211. The number of anilines is 1. The van der Waals surface area contributed by atoms with Crippen molar-refractivity contribution in [3.63, 3.8) is 0 Å². The molecule has 0 saturated heterocycles. The summed E-state index contributed by atoms with van der Waals surface area (Å²) in [6.07, 6.45) is 0.572. The smallest absolute Gasteiger partial charge is 0.227 e. The molecular formula is C19H18FN3O2. The summed E-state index contributed by atoms with van der Waals surface area (Å²) in [6, 6.07) is 11.6. The van der Waals surface area contributed by atoms with E-state index >= 15 is 0 Å². The zero-order chi connectivity index (χ0) is 17.8. The van der Waals surface area contributed by atoms with Gasteiger partial charge in [-0.15, -0.1) is 0 Å². The lowest BCUT2D eigenvalue weighted by Gasteiger charge is -2.06. The van der Waals surface area contributed by atoms with Gasteiger partial charge in [-0.1, -0.05) is 11.2 Å². The third-order valence-corrected chi connectivity index (χ3v) is 3.93. The van der Waals surface area contributed by atoms with Crippen molar-refractivity contribution in [1.29, 1.82) is 0 Å². The Labute approximate surface area is 144 Å². The lowest BCUT2D eigenvalue weighted by atomic mass is 10.1. The van der Waals surface area contributed by atoms with Crippen LogP contribution in [0.1, 0.15) is 23.4 Å². The summed E-state index contributed by atoms with van der Waals surface area (Å²) in [6.45, 7) is 4.02. The molecule has 1 heterocycles. The first-order chi connectivity index (χ1) is 12.0. The van der Waals surface area contributed by atoms with Crippen molar-refractivity contribution < 1.29 is 13.7 Å². The van der Waals surface area contributed by atoms with E-state index in [0.29, 0.717) is 23.7 Å². The van der Waals surface area contributed by atoms with Gasteiger partial charge in [-0.25, -0.2) is 4.39 Å². The van der Waals surface area contributed by atoms with Crippen LogP contribution in [0.15, 0.2) is 47.0 Å². The first-order valence-corrected chi connectivity index (χ1v) is 7.97. The molecule has 6 heteroatoms. The van der Waals surface area contributed by atoms with Gasteiger partial charge in [0.25, 0.3) is 0 Å². The maximum absolute atomic E-state index is 12.9. The largest absolute Gasteiger partial charge is 0.339 e. The van der Waals surface area contributed by atoms with Crippen LogP contribution in [0.2, 0.25) is 0 Å². The SMILES string of the molecule is Cc1ccc(NC(=O)CCc2nc(-c3ccc(F)cc3)no2)cc1C. The van der Waals surface area contributed by atoms with Crippen molar-refractivity contribution in [2.75, 3.05) is 5.32 Å². The minimum atomic E-state index is -0.324. The summed E-state index contributed by atoms with van der Waals surface area (Å²) >= 11 is 0. The minimum Gasteiger partial charge on any atom is -0.339 e. The third-order valence-electron chi connectivity index (χ3n) is 3.93. The highest BCUT2D eigenvalue weighted by molar-refractivity contribution is 5.90. The van der Waals surface area contributed by atoms with Gasteiger partial charge in [0.2, 0.25) is 17.6 Å². The molecule has 0 radical (unpaired) electrons. The van der Waals surface area contributed by atoms with Crippen molar-refractivity contribution in [1.82, 2.24) is 10.1 Å². The number of rotatable bonds is 5. The molecule has 0 aliphatic carbocycles. The zero-order valence-electron chi connectivity index (χ0n) is 14.0. The second-order valence-electron chi connectivity index (χ2n) is 5.87. The molecule has 3 rings (SSSR count). The molecule has 1 aromatic heterocycles. The Balaban J connectivity index is 1.57. The summed E-state index contributed by atoms with van der Waals surface area (Å²) in [5.41, 5.74) is 3.73. The third kappa shape index (κ3) is 4.29. The summed E-state index contributed by atoms with van der Waals surface area (Å²) in [5, 5.41) is 6.71. The molecule has 0 bridgehead atoms. The number of hydrogen-bond donors (Lipinski definition) is 1. The number of aromatic nitrogens is 2. The van der Waals surface area contributed by atoms with Crippen LogP contribution in [0.3, 0.4) is 0 Å². The predicted molar refractivity (Wildman–Crippen MR) is 92.6 cm³/mol. The molecule has 128 valence electrons. The van der Waals surface area contributed by atoms with E-state index in [-0.39, 0.29) is 18.1 Å². The Morgan fingerprint density at radius 2 is 1.88 bits per heavy atom. The van der Waals surface area contributed by atoms with Crippen molar-refractivity contribution in [2.45, 2.75) is 26.7 Å². The number of nitrogens with one attached hydrogen (secondary N) is 1. The maximum atomic E-state index is 12.9. The van der Waals surface area contributed by atoms with Crippen LogP contribution in [-0.4, -0.2) is 16.0 Å². The lowest BCUT2D eigenvalue weighted by Crippen LogP contribution is -2.12. The van der Waals surface area contributed by atoms with Gasteiger partial charge >= 0.3 is 0 Å². The van der Waals surface area contributed by atoms with E-state index in [4.69, 9.17) is 4.52 Å². The van der Waals surface area contributed by atoms with Gasteiger partial charge in [0.15, 0.2) is 0 Å². The van der Waals surface area contributed by atoms with E-state index in [1.54, 1.807) is 12.1 Å². The molecule has 5 nitrogen and oxygen atoms in total. The summed E-state index contributed by atoms with van der Waals surface area (Å²) in [5.74, 6) is 0.305. The van der Waals surface area contributed by atoms with Crippen molar-refractivity contribution in [3.8, 4) is 11.4 Å². The Bertz CT molecular complexity index is 888. The highest BCUT2D eigenvalue weighted by Crippen LogP contribution is 2.17. The average Bonchev–Trinajstić information content (AvgIpc) is 3.06. The second-order valence-corrected chi connectivity index (χ2v) is 5.87. The van der Waals surface area contributed by atoms with Gasteiger partial charge < -0.3 is 9.84 Å². The topological polar surface area (TPSA) is 68.0 Å². The molecule has 25 heavy (non-hydrogen) atoms. The number of amides is 1. The van der Waals surface area contributed by atoms with Gasteiger partial charge in [-0.3, -0.25) is 4.79 Å². The number of nitrogens with zero attached hydrogens (tertiary/aromatic N) is 2. The molecule has 0 fully saturated rings. The van der Waals surface area contributed by atoms with E-state index in [1.165, 1.54) is 17.7 Å². The van der Waals surface area contributed by atoms with E-state index < -0.39 is 0 Å². The molecule has 3 aromatic rings. The van der Waals surface area contributed by atoms with Gasteiger partial charge in [0.1, 0.15) is 5.82 Å². The second kappa shape index (κ2) is 7.25. The van der Waals surface area contributed by atoms with Crippen LogP contribution in [0.4, 0.5) is 10.1 Å². The fourth-order valence-corrected chi connectivity index (χ4v) is 2.34. The molecule has 0 aliphatic heterocycles. The van der Waals surface area contributed by atoms with Crippen LogP contribution < -0.4 is 5.32 Å². The van der Waals surface area contributed by atoms with Crippen molar-refractivity contribution in [2.24, 2.45) is 0 Å². The zero-order valence-corrected chi connectivity index (χ0v) is 14.0. The predicted octanol–water partition coefficient (Wildman–Crippen LogP) is 4.06. The molecule has 0 saturated carbocycles. The van der Waals surface area contributed by atoms with Crippen molar-refractivity contribution in [3.05, 3.63) is 65.3 Å². The molecule has 2 aromatic carbocycles. The fourth-order valence-electron chi connectivity index (χ4n) is 2.34. The van der Waals surface area contributed by atoms with Gasteiger partial charge in [-0.2, -0.15) is 4.98 Å². The number of aryl methyl sites for hydroxylation is 3. The number of benzene rings is 2. The lowest BCUT2D eigenvalue weighted by molar-refractivity contribution is -0.116. The summed E-state index contributed by atoms with van der Waals surface area (Å²) in [4.78, 5) is 16.3. The molecule has 1 N–H and O–H groups in total. The monoisotopic (exact) mass is 339 g/mol. The van der Waals surface area contributed by atoms with E-state index in [9.17, 15) is 9.18 Å². The van der Waals surface area contributed by atoms with Crippen LogP contribution >= 0.6 is 0 Å². The molecule has 0 atom stereocenters. The Hall–Kier alpha value is -3.02. The van der Waals surface area contributed by atoms with Crippen LogP contribution in [0.25, 0.3) is 11.4 Å². The number of carbonyl (C=O) groups excluding carboxylic acids is 1. The minimum absolute atomic E-state index is 0.121. The average molecular weight is 339 g/mol.